The van der Waals surface area contributed by atoms with Crippen LogP contribution in [-0.2, 0) is 0 Å². The van der Waals surface area contributed by atoms with Crippen LogP contribution in [-0.4, -0.2) is 23.1 Å². The highest BCUT2D eigenvalue weighted by Crippen LogP contribution is 2.18. The molecule has 0 saturated heterocycles. The van der Waals surface area contributed by atoms with Crippen LogP contribution in [0.25, 0.3) is 0 Å². The number of rotatable bonds is 5. The van der Waals surface area contributed by atoms with Gasteiger partial charge in [0.15, 0.2) is 0 Å². The molecule has 100 valence electrons. The zero-order valence-electron chi connectivity index (χ0n) is 11.3. The molecular formula is C14H22N2O2. The standard InChI is InChI=1S/C14H22N2O2/c1-4-14(15,5-2)9-16-13(18)11-8-10(3)6-7-12(11)17/h6-8,17H,4-5,9,15H2,1-3H3,(H,16,18). The van der Waals surface area contributed by atoms with Gasteiger partial charge < -0.3 is 16.2 Å². The molecule has 1 aromatic carbocycles. The van der Waals surface area contributed by atoms with Crippen molar-refractivity contribution in [3.63, 3.8) is 0 Å². The minimum atomic E-state index is -0.380. The van der Waals surface area contributed by atoms with E-state index >= 15 is 0 Å². The molecule has 1 rings (SSSR count). The van der Waals surface area contributed by atoms with Crippen molar-refractivity contribution in [1.82, 2.24) is 5.32 Å². The lowest BCUT2D eigenvalue weighted by atomic mass is 9.94. The Morgan fingerprint density at radius 3 is 2.56 bits per heavy atom. The van der Waals surface area contributed by atoms with E-state index < -0.39 is 0 Å². The Bertz CT molecular complexity index is 426. The molecule has 0 atom stereocenters. The predicted molar refractivity (Wildman–Crippen MR) is 72.7 cm³/mol. The van der Waals surface area contributed by atoms with Crippen molar-refractivity contribution < 1.29 is 9.90 Å². The highest BCUT2D eigenvalue weighted by atomic mass is 16.3. The van der Waals surface area contributed by atoms with Gasteiger partial charge in [-0.3, -0.25) is 4.79 Å². The lowest BCUT2D eigenvalue weighted by Gasteiger charge is -2.26. The van der Waals surface area contributed by atoms with Crippen LogP contribution in [0, 0.1) is 6.92 Å². The first kappa shape index (κ1) is 14.5. The van der Waals surface area contributed by atoms with Gasteiger partial charge in [0.1, 0.15) is 5.75 Å². The maximum absolute atomic E-state index is 12.0. The molecule has 0 aliphatic heterocycles. The molecule has 4 N–H and O–H groups in total. The van der Waals surface area contributed by atoms with E-state index in [2.05, 4.69) is 5.32 Å². The van der Waals surface area contributed by atoms with E-state index in [0.717, 1.165) is 18.4 Å². The molecule has 18 heavy (non-hydrogen) atoms. The molecule has 1 amide bonds. The summed E-state index contributed by atoms with van der Waals surface area (Å²) in [4.78, 5) is 12.0. The Kier molecular flexibility index (Phi) is 4.73. The first-order chi connectivity index (χ1) is 8.41. The first-order valence-corrected chi connectivity index (χ1v) is 6.28. The summed E-state index contributed by atoms with van der Waals surface area (Å²) in [6, 6.07) is 4.96. The fraction of sp³-hybridized carbons (Fsp3) is 0.500. The van der Waals surface area contributed by atoms with Gasteiger partial charge in [-0.1, -0.05) is 25.5 Å². The number of nitrogens with two attached hydrogens (primary N) is 1. The monoisotopic (exact) mass is 250 g/mol. The van der Waals surface area contributed by atoms with Crippen molar-refractivity contribution >= 4 is 5.91 Å². The summed E-state index contributed by atoms with van der Waals surface area (Å²) < 4.78 is 0. The second kappa shape index (κ2) is 5.87. The normalized spacial score (nSPS) is 11.3. The van der Waals surface area contributed by atoms with Crippen LogP contribution in [0.3, 0.4) is 0 Å². The number of phenolic OH excluding ortho intramolecular Hbond substituents is 1. The van der Waals surface area contributed by atoms with Crippen molar-refractivity contribution in [1.29, 1.82) is 0 Å². The zero-order chi connectivity index (χ0) is 13.8. The van der Waals surface area contributed by atoms with E-state index in [4.69, 9.17) is 5.73 Å². The van der Waals surface area contributed by atoms with Gasteiger partial charge in [0, 0.05) is 12.1 Å². The van der Waals surface area contributed by atoms with Gasteiger partial charge in [0.05, 0.1) is 5.56 Å². The fourth-order valence-electron chi connectivity index (χ4n) is 1.68. The van der Waals surface area contributed by atoms with E-state index in [1.165, 1.54) is 6.07 Å². The molecule has 4 heteroatoms. The third-order valence-corrected chi connectivity index (χ3v) is 3.41. The lowest BCUT2D eigenvalue weighted by Crippen LogP contribution is -2.49. The summed E-state index contributed by atoms with van der Waals surface area (Å²) in [6.07, 6.45) is 1.59. The predicted octanol–water partition coefficient (Wildman–Crippen LogP) is 1.95. The smallest absolute Gasteiger partial charge is 0.255 e. The van der Waals surface area contributed by atoms with Gasteiger partial charge >= 0.3 is 0 Å². The molecule has 0 aliphatic rings. The summed E-state index contributed by atoms with van der Waals surface area (Å²) in [5.41, 5.74) is 6.96. The Morgan fingerprint density at radius 2 is 2.00 bits per heavy atom. The molecule has 0 bridgehead atoms. The summed E-state index contributed by atoms with van der Waals surface area (Å²) >= 11 is 0. The number of carbonyl (C=O) groups excluding carboxylic acids is 1. The maximum atomic E-state index is 12.0. The third-order valence-electron chi connectivity index (χ3n) is 3.41. The summed E-state index contributed by atoms with van der Waals surface area (Å²) in [7, 11) is 0. The zero-order valence-corrected chi connectivity index (χ0v) is 11.3. The van der Waals surface area contributed by atoms with E-state index in [9.17, 15) is 9.90 Å². The van der Waals surface area contributed by atoms with Crippen LogP contribution in [0.4, 0.5) is 0 Å². The Morgan fingerprint density at radius 1 is 1.39 bits per heavy atom. The number of phenols is 1. The number of hydrogen-bond acceptors (Lipinski definition) is 3. The summed E-state index contributed by atoms with van der Waals surface area (Å²) in [5.74, 6) is -0.290. The van der Waals surface area contributed by atoms with Crippen LogP contribution in [0.2, 0.25) is 0 Å². The van der Waals surface area contributed by atoms with Crippen LogP contribution in [0.5, 0.6) is 5.75 Å². The first-order valence-electron chi connectivity index (χ1n) is 6.28. The Hall–Kier alpha value is -1.55. The van der Waals surface area contributed by atoms with E-state index in [1.807, 2.05) is 20.8 Å². The van der Waals surface area contributed by atoms with Gasteiger partial charge in [-0.15, -0.1) is 0 Å². The summed E-state index contributed by atoms with van der Waals surface area (Å²) in [5, 5.41) is 12.4. The molecule has 0 fully saturated rings. The van der Waals surface area contributed by atoms with E-state index in [0.29, 0.717) is 12.1 Å². The number of aryl methyl sites for hydroxylation is 1. The molecule has 0 heterocycles. The van der Waals surface area contributed by atoms with Crippen molar-refractivity contribution in [2.24, 2.45) is 5.73 Å². The van der Waals surface area contributed by atoms with Gasteiger partial charge in [0.2, 0.25) is 0 Å². The second-order valence-corrected chi connectivity index (χ2v) is 4.77. The number of benzene rings is 1. The number of hydrogen-bond donors (Lipinski definition) is 3. The Labute approximate surface area is 108 Å². The van der Waals surface area contributed by atoms with E-state index in [1.54, 1.807) is 12.1 Å². The number of amides is 1. The van der Waals surface area contributed by atoms with Crippen LogP contribution < -0.4 is 11.1 Å². The quantitative estimate of drug-likeness (QED) is 0.747. The minimum Gasteiger partial charge on any atom is -0.507 e. The number of carbonyl (C=O) groups is 1. The van der Waals surface area contributed by atoms with Crippen molar-refractivity contribution in [3.05, 3.63) is 29.3 Å². The number of nitrogens with one attached hydrogen (secondary N) is 1. The molecule has 0 saturated carbocycles. The Balaban J connectivity index is 2.74. The average molecular weight is 250 g/mol. The van der Waals surface area contributed by atoms with Gasteiger partial charge in [0.25, 0.3) is 5.91 Å². The van der Waals surface area contributed by atoms with Gasteiger partial charge in [-0.2, -0.15) is 0 Å². The fourth-order valence-corrected chi connectivity index (χ4v) is 1.68. The largest absolute Gasteiger partial charge is 0.507 e. The highest BCUT2D eigenvalue weighted by molar-refractivity contribution is 5.97. The van der Waals surface area contributed by atoms with Crippen LogP contribution in [0.1, 0.15) is 42.6 Å². The SMILES string of the molecule is CCC(N)(CC)CNC(=O)c1cc(C)ccc1O. The number of aromatic hydroxyl groups is 1. The topological polar surface area (TPSA) is 75.3 Å². The molecule has 0 spiro atoms. The van der Waals surface area contributed by atoms with Gasteiger partial charge in [-0.25, -0.2) is 0 Å². The van der Waals surface area contributed by atoms with Crippen molar-refractivity contribution in [2.45, 2.75) is 39.2 Å². The highest BCUT2D eigenvalue weighted by Gasteiger charge is 2.21. The maximum Gasteiger partial charge on any atom is 0.255 e. The molecule has 1 aromatic rings. The van der Waals surface area contributed by atoms with Crippen LogP contribution in [0.15, 0.2) is 18.2 Å². The molecule has 0 radical (unpaired) electrons. The van der Waals surface area contributed by atoms with E-state index in [-0.39, 0.29) is 17.2 Å². The van der Waals surface area contributed by atoms with Crippen molar-refractivity contribution in [2.75, 3.05) is 6.54 Å². The minimum absolute atomic E-state index is 0.00582. The average Bonchev–Trinajstić information content (AvgIpc) is 2.38. The molecule has 0 unspecified atom stereocenters. The molecule has 4 nitrogen and oxygen atoms in total. The van der Waals surface area contributed by atoms with Crippen molar-refractivity contribution in [3.8, 4) is 5.75 Å². The summed E-state index contributed by atoms with van der Waals surface area (Å²) in [6.45, 7) is 6.29. The second-order valence-electron chi connectivity index (χ2n) is 4.77. The van der Waals surface area contributed by atoms with Gasteiger partial charge in [-0.05, 0) is 31.9 Å². The molecule has 0 aliphatic carbocycles. The molecular weight excluding hydrogens is 228 g/mol. The third kappa shape index (κ3) is 3.47. The lowest BCUT2D eigenvalue weighted by molar-refractivity contribution is 0.0939. The van der Waals surface area contributed by atoms with Crippen LogP contribution >= 0.6 is 0 Å². The molecule has 0 aromatic heterocycles.